The Hall–Kier alpha value is -5.30. The number of benzene rings is 5. The van der Waals surface area contributed by atoms with Crippen LogP contribution in [-0.4, -0.2) is 26.8 Å². The molecule has 6 aromatic rings. The van der Waals surface area contributed by atoms with E-state index in [1.165, 1.54) is 18.2 Å². The number of rotatable bonds is 7. The molecular formula is C34H26FN3O3. The third-order valence-corrected chi connectivity index (χ3v) is 7.31. The average Bonchev–Trinajstić information content (AvgIpc) is 3.39. The fourth-order valence-electron chi connectivity index (χ4n) is 5.16. The number of hydrogen-bond acceptors (Lipinski definition) is 3. The number of aromatic nitrogens is 2. The zero-order valence-corrected chi connectivity index (χ0v) is 22.2. The third-order valence-electron chi connectivity index (χ3n) is 7.31. The van der Waals surface area contributed by atoms with Crippen LogP contribution in [0.2, 0.25) is 0 Å². The maximum Gasteiger partial charge on any atom is 0.335 e. The zero-order chi connectivity index (χ0) is 28.5. The molecule has 0 saturated heterocycles. The average molecular weight is 544 g/mol. The Balaban J connectivity index is 1.39. The lowest BCUT2D eigenvalue weighted by molar-refractivity contribution is 0.0696. The van der Waals surface area contributed by atoms with Crippen molar-refractivity contribution in [1.29, 1.82) is 0 Å². The quantitative estimate of drug-likeness (QED) is 0.222. The lowest BCUT2D eigenvalue weighted by Crippen LogP contribution is -2.27. The second-order valence-corrected chi connectivity index (χ2v) is 10.0. The number of carboxylic acids is 1. The van der Waals surface area contributed by atoms with Gasteiger partial charge in [-0.25, -0.2) is 9.18 Å². The summed E-state index contributed by atoms with van der Waals surface area (Å²) in [5, 5.41) is 19.1. The Morgan fingerprint density at radius 1 is 0.878 bits per heavy atom. The molecule has 202 valence electrons. The minimum Gasteiger partial charge on any atom is -0.478 e. The molecule has 0 aliphatic rings. The molecule has 1 amide bonds. The van der Waals surface area contributed by atoms with E-state index in [-0.39, 0.29) is 23.3 Å². The highest BCUT2D eigenvalue weighted by atomic mass is 19.1. The summed E-state index contributed by atoms with van der Waals surface area (Å²) in [7, 11) is 0. The second-order valence-electron chi connectivity index (χ2n) is 10.0. The SMILES string of the molecule is C[C@H](NC(=O)c1cc(-c2ccccc2)cc2cnn(Cc3ccc4c(F)cccc4c3)c12)c1ccc(C(=O)O)cc1. The van der Waals surface area contributed by atoms with Crippen molar-refractivity contribution in [3.63, 3.8) is 0 Å². The molecule has 0 fully saturated rings. The molecule has 1 aromatic heterocycles. The van der Waals surface area contributed by atoms with Gasteiger partial charge < -0.3 is 10.4 Å². The maximum atomic E-state index is 14.2. The van der Waals surface area contributed by atoms with Crippen LogP contribution in [0.3, 0.4) is 0 Å². The van der Waals surface area contributed by atoms with Crippen molar-refractivity contribution < 1.29 is 19.1 Å². The lowest BCUT2D eigenvalue weighted by atomic mass is 9.99. The Morgan fingerprint density at radius 3 is 2.41 bits per heavy atom. The smallest absolute Gasteiger partial charge is 0.335 e. The Labute approximate surface area is 235 Å². The normalized spacial score (nSPS) is 12.0. The summed E-state index contributed by atoms with van der Waals surface area (Å²) in [5.41, 5.74) is 4.93. The van der Waals surface area contributed by atoms with Gasteiger partial charge in [-0.1, -0.05) is 66.7 Å². The van der Waals surface area contributed by atoms with Crippen molar-refractivity contribution in [3.8, 4) is 11.1 Å². The fraction of sp³-hybridized carbons (Fsp3) is 0.0882. The van der Waals surface area contributed by atoms with Gasteiger partial charge in [0.2, 0.25) is 0 Å². The third kappa shape index (κ3) is 5.17. The first-order valence-corrected chi connectivity index (χ1v) is 13.2. The first kappa shape index (κ1) is 26.0. The summed E-state index contributed by atoms with van der Waals surface area (Å²) in [5.74, 6) is -1.54. The van der Waals surface area contributed by atoms with Gasteiger partial charge in [-0.05, 0) is 71.0 Å². The number of halogens is 1. The molecule has 0 unspecified atom stereocenters. The van der Waals surface area contributed by atoms with E-state index in [2.05, 4.69) is 10.4 Å². The Kier molecular flexibility index (Phi) is 6.77. The molecule has 0 spiro atoms. The maximum absolute atomic E-state index is 14.2. The molecule has 6 rings (SSSR count). The predicted molar refractivity (Wildman–Crippen MR) is 157 cm³/mol. The number of carbonyl (C=O) groups is 2. The van der Waals surface area contributed by atoms with Gasteiger partial charge >= 0.3 is 5.97 Å². The van der Waals surface area contributed by atoms with E-state index in [9.17, 15) is 19.1 Å². The predicted octanol–water partition coefficient (Wildman–Crippen LogP) is 7.23. The van der Waals surface area contributed by atoms with Crippen molar-refractivity contribution in [2.24, 2.45) is 0 Å². The van der Waals surface area contributed by atoms with Crippen LogP contribution in [0.5, 0.6) is 0 Å². The van der Waals surface area contributed by atoms with Crippen LogP contribution in [0, 0.1) is 5.82 Å². The van der Waals surface area contributed by atoms with E-state index in [1.807, 2.05) is 67.6 Å². The van der Waals surface area contributed by atoms with Gasteiger partial charge in [-0.2, -0.15) is 5.10 Å². The summed E-state index contributed by atoms with van der Waals surface area (Å²) < 4.78 is 16.0. The van der Waals surface area contributed by atoms with E-state index in [4.69, 9.17) is 0 Å². The van der Waals surface area contributed by atoms with Crippen LogP contribution in [-0.2, 0) is 6.54 Å². The molecule has 2 N–H and O–H groups in total. The first-order valence-electron chi connectivity index (χ1n) is 13.2. The number of carbonyl (C=O) groups excluding carboxylic acids is 1. The van der Waals surface area contributed by atoms with Gasteiger partial charge in [-0.15, -0.1) is 0 Å². The van der Waals surface area contributed by atoms with Gasteiger partial charge in [0.1, 0.15) is 5.82 Å². The lowest BCUT2D eigenvalue weighted by Gasteiger charge is -2.17. The minimum absolute atomic E-state index is 0.185. The van der Waals surface area contributed by atoms with Gasteiger partial charge in [-0.3, -0.25) is 9.48 Å². The number of aromatic carboxylic acids is 1. The van der Waals surface area contributed by atoms with E-state index in [0.717, 1.165) is 33.0 Å². The molecule has 1 heterocycles. The van der Waals surface area contributed by atoms with E-state index in [0.29, 0.717) is 23.0 Å². The summed E-state index contributed by atoms with van der Waals surface area (Å²) in [4.78, 5) is 25.1. The molecule has 0 saturated carbocycles. The van der Waals surface area contributed by atoms with Crippen molar-refractivity contribution in [2.75, 3.05) is 0 Å². The number of fused-ring (bicyclic) bond motifs is 2. The number of carboxylic acid groups (broad SMARTS) is 1. The number of nitrogens with zero attached hydrogens (tertiary/aromatic N) is 2. The van der Waals surface area contributed by atoms with E-state index < -0.39 is 5.97 Å². The topological polar surface area (TPSA) is 84.2 Å². The molecule has 0 bridgehead atoms. The standard InChI is InChI=1S/C34H26FN3O3/c1-21(23-11-13-25(14-12-23)34(40)41)37-33(39)30-18-27(24-6-3-2-4-7-24)17-28-19-36-38(32(28)30)20-22-10-15-29-26(16-22)8-5-9-31(29)35/h2-19,21H,20H2,1H3,(H,37,39)(H,40,41)/t21-/m0/s1. The molecular weight excluding hydrogens is 517 g/mol. The highest BCUT2D eigenvalue weighted by Gasteiger charge is 2.20. The van der Waals surface area contributed by atoms with Crippen molar-refractivity contribution in [3.05, 3.63) is 137 Å². The van der Waals surface area contributed by atoms with E-state index >= 15 is 0 Å². The summed E-state index contributed by atoms with van der Waals surface area (Å²) in [6.07, 6.45) is 1.76. The van der Waals surface area contributed by atoms with Crippen LogP contribution in [0.1, 0.15) is 44.8 Å². The fourth-order valence-corrected chi connectivity index (χ4v) is 5.16. The van der Waals surface area contributed by atoms with E-state index in [1.54, 1.807) is 35.1 Å². The number of hydrogen-bond donors (Lipinski definition) is 2. The summed E-state index contributed by atoms with van der Waals surface area (Å²) >= 11 is 0. The van der Waals surface area contributed by atoms with Crippen LogP contribution in [0.25, 0.3) is 32.8 Å². The van der Waals surface area contributed by atoms with Gasteiger partial charge in [0, 0.05) is 10.8 Å². The molecule has 7 heteroatoms. The molecule has 5 aromatic carbocycles. The molecule has 0 radical (unpaired) electrons. The Morgan fingerprint density at radius 2 is 1.66 bits per heavy atom. The second kappa shape index (κ2) is 10.7. The highest BCUT2D eigenvalue weighted by molar-refractivity contribution is 6.07. The molecule has 1 atom stereocenters. The number of nitrogens with one attached hydrogen (secondary N) is 1. The van der Waals surface area contributed by atoms with Crippen LogP contribution in [0.4, 0.5) is 4.39 Å². The first-order chi connectivity index (χ1) is 19.9. The monoisotopic (exact) mass is 543 g/mol. The molecule has 0 aliphatic heterocycles. The van der Waals surface area contributed by atoms with Crippen LogP contribution < -0.4 is 5.32 Å². The summed E-state index contributed by atoms with van der Waals surface area (Å²) in [6, 6.07) is 30.4. The molecule has 6 nitrogen and oxygen atoms in total. The Bertz CT molecular complexity index is 1910. The minimum atomic E-state index is -1.00. The van der Waals surface area contributed by atoms with Gasteiger partial charge in [0.25, 0.3) is 5.91 Å². The number of amides is 1. The van der Waals surface area contributed by atoms with Gasteiger partial charge in [0.05, 0.1) is 35.4 Å². The highest BCUT2D eigenvalue weighted by Crippen LogP contribution is 2.29. The molecule has 0 aliphatic carbocycles. The van der Waals surface area contributed by atoms with Crippen molar-refractivity contribution in [2.45, 2.75) is 19.5 Å². The molecule has 41 heavy (non-hydrogen) atoms. The van der Waals surface area contributed by atoms with Crippen molar-refractivity contribution in [1.82, 2.24) is 15.1 Å². The van der Waals surface area contributed by atoms with Crippen LogP contribution in [0.15, 0.2) is 109 Å². The van der Waals surface area contributed by atoms with Crippen molar-refractivity contribution >= 4 is 33.6 Å². The summed E-state index contributed by atoms with van der Waals surface area (Å²) in [6.45, 7) is 2.25. The van der Waals surface area contributed by atoms with Gasteiger partial charge in [0.15, 0.2) is 0 Å². The largest absolute Gasteiger partial charge is 0.478 e. The zero-order valence-electron chi connectivity index (χ0n) is 22.2. The van der Waals surface area contributed by atoms with Crippen LogP contribution >= 0.6 is 0 Å².